The van der Waals surface area contributed by atoms with E-state index in [2.05, 4.69) is 11.9 Å². The van der Waals surface area contributed by atoms with Gasteiger partial charge in [0.2, 0.25) is 0 Å². The molecule has 10 heavy (non-hydrogen) atoms. The van der Waals surface area contributed by atoms with Gasteiger partial charge in [0.25, 0.3) is 0 Å². The largest absolute Gasteiger partial charge is 0.374 e. The first-order valence-electron chi connectivity index (χ1n) is 3.76. The molecule has 0 bridgehead atoms. The maximum absolute atomic E-state index is 5.68. The van der Waals surface area contributed by atoms with Crippen molar-refractivity contribution in [1.82, 2.24) is 4.90 Å². The molecule has 1 rings (SSSR count). The molecule has 2 N–H and O–H groups in total. The van der Waals surface area contributed by atoms with Crippen LogP contribution in [0, 0.1) is 0 Å². The number of hydrogen-bond acceptors (Lipinski definition) is 3. The van der Waals surface area contributed by atoms with Gasteiger partial charge in [-0.05, 0) is 14.0 Å². The third kappa shape index (κ3) is 1.94. The van der Waals surface area contributed by atoms with Gasteiger partial charge in [-0.15, -0.1) is 0 Å². The van der Waals surface area contributed by atoms with E-state index in [1.54, 1.807) is 0 Å². The Hall–Kier alpha value is -0.120. The predicted molar refractivity (Wildman–Crippen MR) is 40.9 cm³/mol. The fourth-order valence-corrected chi connectivity index (χ4v) is 1.13. The van der Waals surface area contributed by atoms with Crippen LogP contribution in [0.25, 0.3) is 0 Å². The average molecular weight is 144 g/mol. The minimum atomic E-state index is 0.155. The number of ether oxygens (including phenoxy) is 1. The molecule has 0 amide bonds. The van der Waals surface area contributed by atoms with Crippen LogP contribution in [0.4, 0.5) is 0 Å². The van der Waals surface area contributed by atoms with E-state index in [4.69, 9.17) is 10.5 Å². The lowest BCUT2D eigenvalue weighted by atomic mass is 10.2. The van der Waals surface area contributed by atoms with E-state index in [1.807, 2.05) is 6.92 Å². The van der Waals surface area contributed by atoms with Crippen LogP contribution in [0.1, 0.15) is 6.92 Å². The maximum atomic E-state index is 5.68. The SMILES string of the molecule is C[C@H](N)[C@H]1CN(C)CCO1. The van der Waals surface area contributed by atoms with Crippen LogP contribution in [-0.4, -0.2) is 43.8 Å². The molecule has 1 aliphatic rings. The molecule has 60 valence electrons. The lowest BCUT2D eigenvalue weighted by molar-refractivity contribution is -0.0291. The highest BCUT2D eigenvalue weighted by molar-refractivity contribution is 4.75. The third-order valence-corrected chi connectivity index (χ3v) is 1.88. The smallest absolute Gasteiger partial charge is 0.0850 e. The molecule has 0 aromatic rings. The molecule has 3 nitrogen and oxygen atoms in total. The summed E-state index contributed by atoms with van der Waals surface area (Å²) in [4.78, 5) is 2.25. The summed E-state index contributed by atoms with van der Waals surface area (Å²) in [5, 5.41) is 0. The average Bonchev–Trinajstić information content (AvgIpc) is 1.88. The molecule has 1 heterocycles. The Balaban J connectivity index is 2.32. The molecule has 0 aromatic carbocycles. The van der Waals surface area contributed by atoms with Crippen LogP contribution in [0.5, 0.6) is 0 Å². The number of hydrogen-bond donors (Lipinski definition) is 1. The van der Waals surface area contributed by atoms with Crippen molar-refractivity contribution in [1.29, 1.82) is 0 Å². The number of nitrogens with two attached hydrogens (primary N) is 1. The molecular formula is C7H16N2O. The quantitative estimate of drug-likeness (QED) is 0.547. The lowest BCUT2D eigenvalue weighted by Crippen LogP contribution is -2.47. The van der Waals surface area contributed by atoms with Crippen LogP contribution in [0.3, 0.4) is 0 Å². The summed E-state index contributed by atoms with van der Waals surface area (Å²) in [6.07, 6.45) is 0.235. The molecular weight excluding hydrogens is 128 g/mol. The van der Waals surface area contributed by atoms with E-state index < -0.39 is 0 Å². The summed E-state index contributed by atoms with van der Waals surface area (Å²) in [5.41, 5.74) is 5.68. The lowest BCUT2D eigenvalue weighted by Gasteiger charge is -2.32. The monoisotopic (exact) mass is 144 g/mol. The predicted octanol–water partition coefficient (Wildman–Crippen LogP) is -0.336. The topological polar surface area (TPSA) is 38.5 Å². The van der Waals surface area contributed by atoms with E-state index in [0.717, 1.165) is 19.7 Å². The van der Waals surface area contributed by atoms with Crippen molar-refractivity contribution < 1.29 is 4.74 Å². The molecule has 1 saturated heterocycles. The van der Waals surface area contributed by atoms with Crippen molar-refractivity contribution in [2.45, 2.75) is 19.1 Å². The highest BCUT2D eigenvalue weighted by atomic mass is 16.5. The van der Waals surface area contributed by atoms with Gasteiger partial charge in [-0.25, -0.2) is 0 Å². The van der Waals surface area contributed by atoms with Gasteiger partial charge in [-0.2, -0.15) is 0 Å². The Bertz CT molecular complexity index is 106. The van der Waals surface area contributed by atoms with Gasteiger partial charge in [-0.1, -0.05) is 0 Å². The molecule has 0 spiro atoms. The first kappa shape index (κ1) is 7.98. The summed E-state index contributed by atoms with van der Waals surface area (Å²) in [5.74, 6) is 0. The van der Waals surface area contributed by atoms with Gasteiger partial charge in [0.1, 0.15) is 0 Å². The van der Waals surface area contributed by atoms with E-state index in [1.165, 1.54) is 0 Å². The number of nitrogens with zero attached hydrogens (tertiary/aromatic N) is 1. The summed E-state index contributed by atoms with van der Waals surface area (Å²) < 4.78 is 5.44. The first-order chi connectivity index (χ1) is 4.70. The zero-order chi connectivity index (χ0) is 7.56. The zero-order valence-electron chi connectivity index (χ0n) is 6.71. The molecule has 0 aliphatic carbocycles. The molecule has 0 unspecified atom stereocenters. The normalized spacial score (nSPS) is 32.1. The zero-order valence-corrected chi connectivity index (χ0v) is 6.71. The van der Waals surface area contributed by atoms with Crippen molar-refractivity contribution in [2.75, 3.05) is 26.7 Å². The molecule has 0 aromatic heterocycles. The fourth-order valence-electron chi connectivity index (χ4n) is 1.13. The molecule has 2 atom stereocenters. The van der Waals surface area contributed by atoms with E-state index in [-0.39, 0.29) is 12.1 Å². The van der Waals surface area contributed by atoms with Crippen molar-refractivity contribution in [2.24, 2.45) is 5.73 Å². The van der Waals surface area contributed by atoms with Gasteiger partial charge >= 0.3 is 0 Å². The highest BCUT2D eigenvalue weighted by Gasteiger charge is 2.20. The van der Waals surface area contributed by atoms with E-state index in [9.17, 15) is 0 Å². The van der Waals surface area contributed by atoms with E-state index >= 15 is 0 Å². The van der Waals surface area contributed by atoms with Crippen molar-refractivity contribution in [3.63, 3.8) is 0 Å². The van der Waals surface area contributed by atoms with Crippen molar-refractivity contribution >= 4 is 0 Å². The molecule has 1 fully saturated rings. The summed E-state index contributed by atoms with van der Waals surface area (Å²) >= 11 is 0. The first-order valence-corrected chi connectivity index (χ1v) is 3.76. The van der Waals surface area contributed by atoms with Crippen LogP contribution in [-0.2, 0) is 4.74 Å². The van der Waals surface area contributed by atoms with Crippen LogP contribution in [0.2, 0.25) is 0 Å². The Morgan fingerprint density at radius 1 is 1.70 bits per heavy atom. The summed E-state index contributed by atoms with van der Waals surface area (Å²) in [7, 11) is 2.10. The van der Waals surface area contributed by atoms with Gasteiger partial charge in [0, 0.05) is 19.1 Å². The van der Waals surface area contributed by atoms with Gasteiger partial charge in [0.15, 0.2) is 0 Å². The highest BCUT2D eigenvalue weighted by Crippen LogP contribution is 2.04. The van der Waals surface area contributed by atoms with Crippen molar-refractivity contribution in [3.8, 4) is 0 Å². The summed E-state index contributed by atoms with van der Waals surface area (Å²) in [6, 6.07) is 0.155. The minimum Gasteiger partial charge on any atom is -0.374 e. The second-order valence-electron chi connectivity index (χ2n) is 3.03. The van der Waals surface area contributed by atoms with Gasteiger partial charge in [-0.3, -0.25) is 0 Å². The van der Waals surface area contributed by atoms with Crippen molar-refractivity contribution in [3.05, 3.63) is 0 Å². The molecule has 0 radical (unpaired) electrons. The molecule has 0 saturated carbocycles. The Labute approximate surface area is 62.1 Å². The van der Waals surface area contributed by atoms with E-state index in [0.29, 0.717) is 0 Å². The second kappa shape index (κ2) is 3.32. The van der Waals surface area contributed by atoms with Gasteiger partial charge < -0.3 is 15.4 Å². The maximum Gasteiger partial charge on any atom is 0.0850 e. The fraction of sp³-hybridized carbons (Fsp3) is 1.00. The number of likely N-dealkylation sites (N-methyl/N-ethyl adjacent to an activating group) is 1. The third-order valence-electron chi connectivity index (χ3n) is 1.88. The standard InChI is InChI=1S/C7H16N2O/c1-6(8)7-5-9(2)3-4-10-7/h6-7H,3-5,8H2,1-2H3/t6-,7+/m0/s1. The minimum absolute atomic E-state index is 0.155. The Morgan fingerprint density at radius 2 is 2.40 bits per heavy atom. The second-order valence-corrected chi connectivity index (χ2v) is 3.03. The number of rotatable bonds is 1. The number of morpholine rings is 1. The van der Waals surface area contributed by atoms with Crippen LogP contribution < -0.4 is 5.73 Å². The van der Waals surface area contributed by atoms with Gasteiger partial charge in [0.05, 0.1) is 12.7 Å². The Morgan fingerprint density at radius 3 is 2.80 bits per heavy atom. The molecule has 3 heteroatoms. The summed E-state index contributed by atoms with van der Waals surface area (Å²) in [6.45, 7) is 4.81. The van der Waals surface area contributed by atoms with Crippen LogP contribution >= 0.6 is 0 Å². The Kier molecular flexibility index (Phi) is 2.65. The van der Waals surface area contributed by atoms with Crippen LogP contribution in [0.15, 0.2) is 0 Å². The molecule has 1 aliphatic heterocycles.